The fraction of sp³-hybridized carbons (Fsp3) is 0.600. The van der Waals surface area contributed by atoms with E-state index in [1.165, 1.54) is 0 Å². The molecule has 120 valence electrons. The number of thiocarbonyl (C=S) groups is 1. The number of piperidine rings is 1. The van der Waals surface area contributed by atoms with Crippen LogP contribution in [0.1, 0.15) is 31.2 Å². The van der Waals surface area contributed by atoms with Crippen LogP contribution in [0.15, 0.2) is 18.5 Å². The zero-order valence-corrected chi connectivity index (χ0v) is 15.0. The lowest BCUT2D eigenvalue weighted by molar-refractivity contribution is 0.0325. The molecule has 3 rings (SSSR count). The lowest BCUT2D eigenvalue weighted by Gasteiger charge is -2.46. The number of halogens is 3. The predicted octanol–water partition coefficient (Wildman–Crippen LogP) is 3.10. The normalized spacial score (nSPS) is 31.6. The van der Waals surface area contributed by atoms with Crippen molar-refractivity contribution in [3.8, 4) is 0 Å². The zero-order valence-electron chi connectivity index (χ0n) is 12.0. The van der Waals surface area contributed by atoms with Crippen LogP contribution in [-0.4, -0.2) is 39.9 Å². The number of nitrogens with zero attached hydrogens (tertiary/aromatic N) is 2. The Morgan fingerprint density at radius 1 is 1.41 bits per heavy atom. The fourth-order valence-corrected chi connectivity index (χ4v) is 4.83. The van der Waals surface area contributed by atoms with Crippen LogP contribution in [0.25, 0.3) is 0 Å². The standard InChI is InChI=1S/C15H18F2IN3S/c16-13(17)8-21-11-1-2-12(21)5-15(4-11,14(19)22)9-3-10(18)7-20-6-9/h3,6-7,11-13H,1-2,4-5,8H2,(H2,19,22)/t11-,12+,15?. The van der Waals surface area contributed by atoms with E-state index in [0.717, 1.165) is 22.0 Å². The summed E-state index contributed by atoms with van der Waals surface area (Å²) in [6.07, 6.45) is 4.64. The molecule has 3 nitrogen and oxygen atoms in total. The lowest BCUT2D eigenvalue weighted by Crippen LogP contribution is -2.55. The molecule has 1 aromatic heterocycles. The molecule has 2 fully saturated rings. The highest BCUT2D eigenvalue weighted by atomic mass is 127. The maximum atomic E-state index is 12.8. The average Bonchev–Trinajstić information content (AvgIpc) is 2.70. The van der Waals surface area contributed by atoms with E-state index < -0.39 is 11.8 Å². The van der Waals surface area contributed by atoms with Crippen LogP contribution in [0.2, 0.25) is 0 Å². The topological polar surface area (TPSA) is 42.1 Å². The van der Waals surface area contributed by atoms with Gasteiger partial charge >= 0.3 is 0 Å². The van der Waals surface area contributed by atoms with Gasteiger partial charge in [-0.3, -0.25) is 9.88 Å². The van der Waals surface area contributed by atoms with Crippen LogP contribution in [0.3, 0.4) is 0 Å². The molecule has 3 atom stereocenters. The third-order valence-electron chi connectivity index (χ3n) is 5.02. The van der Waals surface area contributed by atoms with Crippen molar-refractivity contribution in [3.05, 3.63) is 27.6 Å². The quantitative estimate of drug-likeness (QED) is 0.581. The summed E-state index contributed by atoms with van der Waals surface area (Å²) in [6.45, 7) is -0.146. The largest absolute Gasteiger partial charge is 0.393 e. The van der Waals surface area contributed by atoms with Gasteiger partial charge in [0, 0.05) is 33.5 Å². The van der Waals surface area contributed by atoms with Crippen molar-refractivity contribution in [2.45, 2.75) is 49.6 Å². The third kappa shape index (κ3) is 2.87. The SMILES string of the molecule is NC(=S)C1(c2cncc(I)c2)C[C@H]2CC[C@@H](C1)N2CC(F)F. The Hall–Kier alpha value is -0.410. The summed E-state index contributed by atoms with van der Waals surface area (Å²) in [7, 11) is 0. The number of aromatic nitrogens is 1. The first kappa shape index (κ1) is 16.4. The van der Waals surface area contributed by atoms with Crippen LogP contribution < -0.4 is 5.73 Å². The van der Waals surface area contributed by atoms with E-state index in [1.807, 2.05) is 11.1 Å². The van der Waals surface area contributed by atoms with Crippen LogP contribution >= 0.6 is 34.8 Å². The second-order valence-corrected chi connectivity index (χ2v) is 7.90. The minimum atomic E-state index is -2.29. The first-order chi connectivity index (χ1) is 10.4. The number of hydrogen-bond donors (Lipinski definition) is 1. The van der Waals surface area contributed by atoms with Gasteiger partial charge in [-0.25, -0.2) is 8.78 Å². The third-order valence-corrected chi connectivity index (χ3v) is 6.00. The van der Waals surface area contributed by atoms with E-state index >= 15 is 0 Å². The van der Waals surface area contributed by atoms with E-state index in [0.29, 0.717) is 17.8 Å². The highest BCUT2D eigenvalue weighted by Crippen LogP contribution is 2.47. The zero-order chi connectivity index (χ0) is 15.9. The highest BCUT2D eigenvalue weighted by molar-refractivity contribution is 14.1. The molecule has 0 radical (unpaired) electrons. The smallest absolute Gasteiger partial charge is 0.251 e. The molecule has 22 heavy (non-hydrogen) atoms. The molecule has 2 aliphatic heterocycles. The van der Waals surface area contributed by atoms with Crippen molar-refractivity contribution in [1.82, 2.24) is 9.88 Å². The molecular weight excluding hydrogens is 419 g/mol. The molecular formula is C15H18F2IN3S. The van der Waals surface area contributed by atoms with Crippen LogP contribution in [0.4, 0.5) is 8.78 Å². The number of rotatable bonds is 4. The van der Waals surface area contributed by atoms with Crippen molar-refractivity contribution in [2.24, 2.45) is 5.73 Å². The lowest BCUT2D eigenvalue weighted by atomic mass is 9.70. The molecule has 0 aliphatic carbocycles. The predicted molar refractivity (Wildman–Crippen MR) is 94.2 cm³/mol. The van der Waals surface area contributed by atoms with Gasteiger partial charge in [-0.05, 0) is 59.9 Å². The molecule has 2 saturated heterocycles. The Kier molecular flexibility index (Phi) is 4.66. The average molecular weight is 437 g/mol. The van der Waals surface area contributed by atoms with Gasteiger partial charge in [-0.2, -0.15) is 0 Å². The van der Waals surface area contributed by atoms with Gasteiger partial charge in [-0.1, -0.05) is 12.2 Å². The summed E-state index contributed by atoms with van der Waals surface area (Å²) in [5.74, 6) is 0. The van der Waals surface area contributed by atoms with Gasteiger partial charge in [0.25, 0.3) is 6.43 Å². The highest BCUT2D eigenvalue weighted by Gasteiger charge is 2.51. The van der Waals surface area contributed by atoms with Crippen molar-refractivity contribution < 1.29 is 8.78 Å². The Labute approximate surface area is 147 Å². The summed E-state index contributed by atoms with van der Waals surface area (Å²) in [5, 5.41) is 0. The van der Waals surface area contributed by atoms with Gasteiger partial charge in [-0.15, -0.1) is 0 Å². The Bertz CT molecular complexity index is 570. The minimum absolute atomic E-state index is 0.132. The van der Waals surface area contributed by atoms with Crippen molar-refractivity contribution in [3.63, 3.8) is 0 Å². The Morgan fingerprint density at radius 3 is 2.55 bits per heavy atom. The molecule has 0 saturated carbocycles. The second-order valence-electron chi connectivity index (χ2n) is 6.22. The Balaban J connectivity index is 1.94. The van der Waals surface area contributed by atoms with Crippen LogP contribution in [0.5, 0.6) is 0 Å². The van der Waals surface area contributed by atoms with Gasteiger partial charge in [0.05, 0.1) is 11.5 Å². The first-order valence-corrected chi connectivity index (χ1v) is 8.86. The molecule has 0 amide bonds. The Morgan fingerprint density at radius 2 is 2.05 bits per heavy atom. The number of alkyl halides is 2. The summed E-state index contributed by atoms with van der Waals surface area (Å²) < 4.78 is 26.7. The first-order valence-electron chi connectivity index (χ1n) is 7.37. The van der Waals surface area contributed by atoms with E-state index in [-0.39, 0.29) is 18.6 Å². The molecule has 3 heterocycles. The molecule has 7 heteroatoms. The molecule has 1 aromatic rings. The molecule has 0 aromatic carbocycles. The second kappa shape index (κ2) is 6.24. The van der Waals surface area contributed by atoms with Crippen LogP contribution in [0, 0.1) is 3.57 Å². The monoisotopic (exact) mass is 437 g/mol. The van der Waals surface area contributed by atoms with Gasteiger partial charge < -0.3 is 5.73 Å². The van der Waals surface area contributed by atoms with E-state index in [4.69, 9.17) is 18.0 Å². The van der Waals surface area contributed by atoms with E-state index in [2.05, 4.69) is 33.6 Å². The summed E-state index contributed by atoms with van der Waals surface area (Å²) in [4.78, 5) is 6.69. The number of hydrogen-bond acceptors (Lipinski definition) is 3. The van der Waals surface area contributed by atoms with Crippen molar-refractivity contribution >= 4 is 39.8 Å². The summed E-state index contributed by atoms with van der Waals surface area (Å²) in [5.41, 5.74) is 6.74. The van der Waals surface area contributed by atoms with Gasteiger partial charge in [0.15, 0.2) is 0 Å². The minimum Gasteiger partial charge on any atom is -0.393 e. The number of fused-ring (bicyclic) bond motifs is 2. The molecule has 1 unspecified atom stereocenters. The van der Waals surface area contributed by atoms with E-state index in [1.54, 1.807) is 6.20 Å². The van der Waals surface area contributed by atoms with Crippen molar-refractivity contribution in [2.75, 3.05) is 6.54 Å². The maximum absolute atomic E-state index is 12.8. The summed E-state index contributed by atoms with van der Waals surface area (Å²) >= 11 is 7.62. The maximum Gasteiger partial charge on any atom is 0.251 e. The fourth-order valence-electron chi connectivity index (χ4n) is 4.05. The van der Waals surface area contributed by atoms with Crippen molar-refractivity contribution in [1.29, 1.82) is 0 Å². The number of nitrogens with two attached hydrogens (primary N) is 1. The van der Waals surface area contributed by atoms with Gasteiger partial charge in [0.1, 0.15) is 0 Å². The van der Waals surface area contributed by atoms with Crippen LogP contribution in [-0.2, 0) is 5.41 Å². The molecule has 2 bridgehead atoms. The van der Waals surface area contributed by atoms with E-state index in [9.17, 15) is 8.78 Å². The van der Waals surface area contributed by atoms with Gasteiger partial charge in [0.2, 0.25) is 0 Å². The molecule has 2 N–H and O–H groups in total. The summed E-state index contributed by atoms with van der Waals surface area (Å²) in [6, 6.07) is 2.33. The number of pyridine rings is 1. The molecule has 0 spiro atoms. The molecule has 2 aliphatic rings.